The predicted octanol–water partition coefficient (Wildman–Crippen LogP) is 2.58. The number of hydrogen-bond acceptors (Lipinski definition) is 4. The Balaban J connectivity index is 2.50. The maximum Gasteiger partial charge on any atom is 0.573 e. The van der Waals surface area contributed by atoms with Crippen molar-refractivity contribution in [3.8, 4) is 11.5 Å². The lowest BCUT2D eigenvalue weighted by Crippen LogP contribution is -2.22. The molecule has 18 heavy (non-hydrogen) atoms. The first-order valence-electron chi connectivity index (χ1n) is 4.99. The molecule has 0 aliphatic rings. The van der Waals surface area contributed by atoms with Crippen LogP contribution in [0.25, 0.3) is 0 Å². The number of benzene rings is 1. The van der Waals surface area contributed by atoms with Gasteiger partial charge in [-0.15, -0.1) is 13.2 Å². The highest BCUT2D eigenvalue weighted by Gasteiger charge is 2.30. The summed E-state index contributed by atoms with van der Waals surface area (Å²) in [7, 11) is 2.91. The molecule has 0 aliphatic heterocycles. The van der Waals surface area contributed by atoms with Gasteiger partial charge in [-0.3, -0.25) is 0 Å². The molecule has 1 aromatic rings. The first kappa shape index (κ1) is 14.6. The van der Waals surface area contributed by atoms with Crippen LogP contribution in [0.4, 0.5) is 13.2 Å². The molecule has 0 amide bonds. The molecule has 7 heteroatoms. The summed E-state index contributed by atoms with van der Waals surface area (Å²) in [6, 6.07) is 5.06. The first-order chi connectivity index (χ1) is 8.44. The van der Waals surface area contributed by atoms with Crippen molar-refractivity contribution < 1.29 is 32.1 Å². The predicted molar refractivity (Wildman–Crippen MR) is 56.4 cm³/mol. The number of rotatable bonds is 6. The number of hydrogen-bond donors (Lipinski definition) is 0. The van der Waals surface area contributed by atoms with Gasteiger partial charge < -0.3 is 18.9 Å². The number of halogens is 3. The van der Waals surface area contributed by atoms with E-state index in [9.17, 15) is 13.2 Å². The minimum atomic E-state index is -4.69. The van der Waals surface area contributed by atoms with Crippen molar-refractivity contribution >= 4 is 0 Å². The third-order valence-electron chi connectivity index (χ3n) is 1.97. The third-order valence-corrected chi connectivity index (χ3v) is 1.97. The van der Waals surface area contributed by atoms with E-state index in [0.29, 0.717) is 5.75 Å². The second-order valence-corrected chi connectivity index (χ2v) is 3.23. The van der Waals surface area contributed by atoms with Crippen LogP contribution in [0.3, 0.4) is 0 Å². The molecular formula is C11H13F3O4. The van der Waals surface area contributed by atoms with E-state index in [1.807, 2.05) is 0 Å². The standard InChI is InChI=1S/C11H13F3O4/c1-15-10(16-2)7-17-8-3-5-9(6-4-8)18-11(12,13)14/h3-6,10H,7H2,1-2H3. The fraction of sp³-hybridized carbons (Fsp3) is 0.455. The quantitative estimate of drug-likeness (QED) is 0.742. The van der Waals surface area contributed by atoms with Crippen LogP contribution in [0.2, 0.25) is 0 Å². The molecule has 0 N–H and O–H groups in total. The molecule has 0 heterocycles. The highest BCUT2D eigenvalue weighted by Crippen LogP contribution is 2.24. The van der Waals surface area contributed by atoms with Gasteiger partial charge in [-0.05, 0) is 24.3 Å². The molecule has 0 saturated heterocycles. The molecule has 0 saturated carbocycles. The van der Waals surface area contributed by atoms with E-state index in [4.69, 9.17) is 14.2 Å². The zero-order chi connectivity index (χ0) is 13.6. The molecule has 0 aromatic heterocycles. The van der Waals surface area contributed by atoms with E-state index >= 15 is 0 Å². The van der Waals surface area contributed by atoms with E-state index < -0.39 is 12.7 Å². The molecule has 1 aromatic carbocycles. The van der Waals surface area contributed by atoms with Crippen LogP contribution < -0.4 is 9.47 Å². The van der Waals surface area contributed by atoms with Crippen LogP contribution in [-0.2, 0) is 9.47 Å². The first-order valence-corrected chi connectivity index (χ1v) is 4.99. The number of alkyl halides is 3. The Bertz CT molecular complexity index is 346. The number of methoxy groups -OCH3 is 2. The molecule has 0 bridgehead atoms. The van der Waals surface area contributed by atoms with E-state index in [2.05, 4.69) is 4.74 Å². The molecule has 0 spiro atoms. The van der Waals surface area contributed by atoms with Gasteiger partial charge >= 0.3 is 6.36 Å². The second kappa shape index (κ2) is 6.46. The Labute approximate surface area is 102 Å². The third kappa shape index (κ3) is 5.24. The minimum absolute atomic E-state index is 0.131. The van der Waals surface area contributed by atoms with Crippen molar-refractivity contribution in [2.45, 2.75) is 12.7 Å². The summed E-state index contributed by atoms with van der Waals surface area (Å²) in [5.41, 5.74) is 0. The van der Waals surface area contributed by atoms with Crippen molar-refractivity contribution in [2.75, 3.05) is 20.8 Å². The smallest absolute Gasteiger partial charge is 0.488 e. The summed E-state index contributed by atoms with van der Waals surface area (Å²) in [6.45, 7) is 0.131. The molecule has 0 fully saturated rings. The number of ether oxygens (including phenoxy) is 4. The lowest BCUT2D eigenvalue weighted by atomic mass is 10.3. The molecule has 0 unspecified atom stereocenters. The van der Waals surface area contributed by atoms with Gasteiger partial charge in [0.2, 0.25) is 0 Å². The normalized spacial score (nSPS) is 11.7. The molecular weight excluding hydrogens is 253 g/mol. The van der Waals surface area contributed by atoms with Gasteiger partial charge in [0, 0.05) is 14.2 Å². The summed E-state index contributed by atoms with van der Waals surface area (Å²) in [5, 5.41) is 0. The average molecular weight is 266 g/mol. The van der Waals surface area contributed by atoms with Gasteiger partial charge in [0.25, 0.3) is 0 Å². The molecule has 0 radical (unpaired) electrons. The molecule has 0 atom stereocenters. The second-order valence-electron chi connectivity index (χ2n) is 3.23. The van der Waals surface area contributed by atoms with E-state index in [1.54, 1.807) is 0 Å². The van der Waals surface area contributed by atoms with E-state index in [0.717, 1.165) is 12.1 Å². The van der Waals surface area contributed by atoms with Crippen LogP contribution >= 0.6 is 0 Å². The Morgan fingerprint density at radius 3 is 1.94 bits per heavy atom. The summed E-state index contributed by atoms with van der Waals surface area (Å²) in [6.07, 6.45) is -5.23. The monoisotopic (exact) mass is 266 g/mol. The van der Waals surface area contributed by atoms with Gasteiger partial charge in [-0.2, -0.15) is 0 Å². The summed E-state index contributed by atoms with van der Waals surface area (Å²) >= 11 is 0. The van der Waals surface area contributed by atoms with Crippen molar-refractivity contribution in [1.82, 2.24) is 0 Å². The topological polar surface area (TPSA) is 36.9 Å². The maximum absolute atomic E-state index is 11.9. The van der Waals surface area contributed by atoms with Crippen LogP contribution in [0.1, 0.15) is 0 Å². The summed E-state index contributed by atoms with van der Waals surface area (Å²) in [5.74, 6) is 0.0912. The van der Waals surface area contributed by atoms with E-state index in [1.165, 1.54) is 26.4 Å². The van der Waals surface area contributed by atoms with Crippen molar-refractivity contribution in [3.63, 3.8) is 0 Å². The van der Waals surface area contributed by atoms with Gasteiger partial charge in [-0.25, -0.2) is 0 Å². The SMILES string of the molecule is COC(COc1ccc(OC(F)(F)F)cc1)OC. The van der Waals surface area contributed by atoms with Gasteiger partial charge in [-0.1, -0.05) is 0 Å². The molecule has 0 aliphatic carbocycles. The lowest BCUT2D eigenvalue weighted by Gasteiger charge is -2.14. The largest absolute Gasteiger partial charge is 0.573 e. The van der Waals surface area contributed by atoms with Crippen LogP contribution in [0.15, 0.2) is 24.3 Å². The molecule has 1 rings (SSSR count). The minimum Gasteiger partial charge on any atom is -0.488 e. The highest BCUT2D eigenvalue weighted by atomic mass is 19.4. The Kier molecular flexibility index (Phi) is 5.24. The summed E-state index contributed by atoms with van der Waals surface area (Å²) < 4.78 is 54.5. The molecule has 102 valence electrons. The lowest BCUT2D eigenvalue weighted by molar-refractivity contribution is -0.274. The Morgan fingerprint density at radius 1 is 1.00 bits per heavy atom. The Hall–Kier alpha value is -1.47. The average Bonchev–Trinajstić information content (AvgIpc) is 2.30. The van der Waals surface area contributed by atoms with Crippen molar-refractivity contribution in [1.29, 1.82) is 0 Å². The zero-order valence-corrected chi connectivity index (χ0v) is 9.86. The van der Waals surface area contributed by atoms with Crippen molar-refractivity contribution in [2.24, 2.45) is 0 Å². The fourth-order valence-electron chi connectivity index (χ4n) is 1.13. The fourth-order valence-corrected chi connectivity index (χ4v) is 1.13. The van der Waals surface area contributed by atoms with Gasteiger partial charge in [0.05, 0.1) is 0 Å². The summed E-state index contributed by atoms with van der Waals surface area (Å²) in [4.78, 5) is 0. The van der Waals surface area contributed by atoms with Crippen LogP contribution in [0.5, 0.6) is 11.5 Å². The van der Waals surface area contributed by atoms with Crippen molar-refractivity contribution in [3.05, 3.63) is 24.3 Å². The van der Waals surface area contributed by atoms with Crippen LogP contribution in [0, 0.1) is 0 Å². The van der Waals surface area contributed by atoms with Gasteiger partial charge in [0.15, 0.2) is 6.29 Å². The highest BCUT2D eigenvalue weighted by molar-refractivity contribution is 5.31. The van der Waals surface area contributed by atoms with E-state index in [-0.39, 0.29) is 12.4 Å². The Morgan fingerprint density at radius 2 is 1.50 bits per heavy atom. The zero-order valence-electron chi connectivity index (χ0n) is 9.86. The van der Waals surface area contributed by atoms with Gasteiger partial charge in [0.1, 0.15) is 18.1 Å². The molecule has 4 nitrogen and oxygen atoms in total. The maximum atomic E-state index is 11.9. The van der Waals surface area contributed by atoms with Crippen LogP contribution in [-0.4, -0.2) is 33.5 Å².